The molecule has 0 spiro atoms. The molecular weight excluding hydrogens is 344 g/mol. The molecule has 3 N–H and O–H groups in total. The summed E-state index contributed by atoms with van der Waals surface area (Å²) in [5.41, 5.74) is 5.84. The lowest BCUT2D eigenvalue weighted by Gasteiger charge is -2.15. The normalized spacial score (nSPS) is 12.9. The van der Waals surface area contributed by atoms with E-state index in [2.05, 4.69) is 21.2 Å². The lowest BCUT2D eigenvalue weighted by Crippen LogP contribution is -2.38. The number of nitrogens with one attached hydrogen (secondary N) is 1. The first-order valence-corrected chi connectivity index (χ1v) is 8.71. The molecule has 7 heteroatoms. The molecule has 1 aromatic rings. The van der Waals surface area contributed by atoms with Crippen molar-refractivity contribution in [3.05, 3.63) is 22.7 Å². The first kappa shape index (κ1) is 17.0. The van der Waals surface area contributed by atoms with E-state index in [1.807, 2.05) is 6.92 Å². The largest absolute Gasteiger partial charge is 0.398 e. The number of rotatable bonds is 6. The third-order valence-electron chi connectivity index (χ3n) is 2.95. The summed E-state index contributed by atoms with van der Waals surface area (Å²) in [6.07, 6.45) is 1.75. The smallest absolute Gasteiger partial charge is 0.238 e. The van der Waals surface area contributed by atoms with Crippen LogP contribution in [-0.2, 0) is 14.6 Å². The van der Waals surface area contributed by atoms with Gasteiger partial charge in [-0.1, -0.05) is 29.3 Å². The zero-order chi connectivity index (χ0) is 15.3. The van der Waals surface area contributed by atoms with Crippen molar-refractivity contribution in [3.8, 4) is 0 Å². The van der Waals surface area contributed by atoms with Gasteiger partial charge < -0.3 is 11.1 Å². The van der Waals surface area contributed by atoms with E-state index < -0.39 is 21.0 Å². The molecule has 0 aromatic heterocycles. The van der Waals surface area contributed by atoms with Crippen LogP contribution in [-0.4, -0.2) is 26.1 Å². The lowest BCUT2D eigenvalue weighted by atomic mass is 10.3. The van der Waals surface area contributed by atoms with Crippen LogP contribution in [0.3, 0.4) is 0 Å². The zero-order valence-electron chi connectivity index (χ0n) is 11.5. The minimum absolute atomic E-state index is 0.0231. The summed E-state index contributed by atoms with van der Waals surface area (Å²) < 4.78 is 25.4. The van der Waals surface area contributed by atoms with Gasteiger partial charge in [-0.05, 0) is 31.5 Å². The highest BCUT2D eigenvalue weighted by Crippen LogP contribution is 2.26. The molecule has 0 saturated carbocycles. The standard InChI is InChI=1S/C13H19BrN2O3S/c1-3-4-7-16-13(17)9(2)20(18,19)12-8-10(14)5-6-11(12)15/h5-6,8-9H,3-4,7,15H2,1-2H3,(H,16,17). The number of nitrogen functional groups attached to an aromatic ring is 1. The quantitative estimate of drug-likeness (QED) is 0.598. The molecule has 0 heterocycles. The summed E-state index contributed by atoms with van der Waals surface area (Å²) in [7, 11) is -3.80. The molecule has 1 unspecified atom stereocenters. The van der Waals surface area contributed by atoms with Crippen LogP contribution in [0.4, 0.5) is 5.69 Å². The van der Waals surface area contributed by atoms with E-state index in [0.717, 1.165) is 12.8 Å². The second-order valence-electron chi connectivity index (χ2n) is 4.51. The monoisotopic (exact) mass is 362 g/mol. The number of carbonyl (C=O) groups excluding carboxylic acids is 1. The Balaban J connectivity index is 2.98. The van der Waals surface area contributed by atoms with E-state index in [1.165, 1.54) is 19.1 Å². The number of benzene rings is 1. The highest BCUT2D eigenvalue weighted by atomic mass is 79.9. The molecule has 0 saturated heterocycles. The summed E-state index contributed by atoms with van der Waals surface area (Å²) in [6, 6.07) is 4.57. The molecule has 0 bridgehead atoms. The van der Waals surface area contributed by atoms with Gasteiger partial charge in [0.15, 0.2) is 9.84 Å². The molecule has 5 nitrogen and oxygen atoms in total. The molecule has 0 radical (unpaired) electrons. The Labute approximate surface area is 128 Å². The number of amides is 1. The van der Waals surface area contributed by atoms with Crippen LogP contribution in [0.25, 0.3) is 0 Å². The van der Waals surface area contributed by atoms with Gasteiger partial charge in [0.2, 0.25) is 5.91 Å². The molecule has 0 aliphatic carbocycles. The average molecular weight is 363 g/mol. The topological polar surface area (TPSA) is 89.3 Å². The van der Waals surface area contributed by atoms with Crippen molar-refractivity contribution in [1.82, 2.24) is 5.32 Å². The van der Waals surface area contributed by atoms with Crippen molar-refractivity contribution >= 4 is 37.4 Å². The summed E-state index contributed by atoms with van der Waals surface area (Å²) in [5, 5.41) is 1.45. The number of halogens is 1. The first-order chi connectivity index (χ1) is 9.30. The van der Waals surface area contributed by atoms with Crippen molar-refractivity contribution in [2.24, 2.45) is 0 Å². The van der Waals surface area contributed by atoms with Crippen LogP contribution in [0.1, 0.15) is 26.7 Å². The van der Waals surface area contributed by atoms with Crippen molar-refractivity contribution in [2.45, 2.75) is 36.8 Å². The van der Waals surface area contributed by atoms with E-state index in [1.54, 1.807) is 6.07 Å². The SMILES string of the molecule is CCCCNC(=O)C(C)S(=O)(=O)c1cc(Br)ccc1N. The number of hydrogen-bond donors (Lipinski definition) is 2. The maximum atomic E-state index is 12.4. The van der Waals surface area contributed by atoms with E-state index >= 15 is 0 Å². The van der Waals surface area contributed by atoms with Gasteiger partial charge in [-0.15, -0.1) is 0 Å². The third kappa shape index (κ3) is 3.96. The van der Waals surface area contributed by atoms with Crippen molar-refractivity contribution in [1.29, 1.82) is 0 Å². The highest BCUT2D eigenvalue weighted by molar-refractivity contribution is 9.10. The number of anilines is 1. The van der Waals surface area contributed by atoms with Gasteiger partial charge in [0.1, 0.15) is 5.25 Å². The molecule has 1 amide bonds. The Kier molecular flexibility index (Phi) is 6.01. The molecule has 1 aromatic carbocycles. The van der Waals surface area contributed by atoms with E-state index in [0.29, 0.717) is 11.0 Å². The van der Waals surface area contributed by atoms with E-state index in [9.17, 15) is 13.2 Å². The molecule has 20 heavy (non-hydrogen) atoms. The van der Waals surface area contributed by atoms with Gasteiger partial charge in [-0.25, -0.2) is 8.42 Å². The maximum Gasteiger partial charge on any atom is 0.238 e. The number of hydrogen-bond acceptors (Lipinski definition) is 4. The summed E-state index contributed by atoms with van der Waals surface area (Å²) in [6.45, 7) is 3.84. The van der Waals surface area contributed by atoms with Crippen LogP contribution < -0.4 is 11.1 Å². The van der Waals surface area contributed by atoms with Crippen LogP contribution in [0.15, 0.2) is 27.6 Å². The van der Waals surface area contributed by atoms with Gasteiger partial charge in [0, 0.05) is 11.0 Å². The van der Waals surface area contributed by atoms with Crippen LogP contribution >= 0.6 is 15.9 Å². The fourth-order valence-electron chi connectivity index (χ4n) is 1.62. The Morgan fingerprint density at radius 2 is 2.10 bits per heavy atom. The van der Waals surface area contributed by atoms with Crippen LogP contribution in [0.2, 0.25) is 0 Å². The molecule has 0 fully saturated rings. The minimum atomic E-state index is -3.80. The summed E-state index contributed by atoms with van der Waals surface area (Å²) in [5.74, 6) is -0.502. The predicted octanol–water partition coefficient (Wildman–Crippen LogP) is 2.11. The second-order valence-corrected chi connectivity index (χ2v) is 7.67. The molecule has 0 aliphatic heterocycles. The lowest BCUT2D eigenvalue weighted by molar-refractivity contribution is -0.120. The fraction of sp³-hybridized carbons (Fsp3) is 0.462. The fourth-order valence-corrected chi connectivity index (χ4v) is 3.56. The van der Waals surface area contributed by atoms with Crippen molar-refractivity contribution in [2.75, 3.05) is 12.3 Å². The maximum absolute atomic E-state index is 12.4. The molecule has 1 rings (SSSR count). The summed E-state index contributed by atoms with van der Waals surface area (Å²) >= 11 is 3.21. The van der Waals surface area contributed by atoms with Crippen molar-refractivity contribution in [3.63, 3.8) is 0 Å². The molecule has 0 aliphatic rings. The molecule has 1 atom stereocenters. The van der Waals surface area contributed by atoms with Crippen LogP contribution in [0, 0.1) is 0 Å². The predicted molar refractivity (Wildman–Crippen MR) is 83.1 cm³/mol. The van der Waals surface area contributed by atoms with E-state index in [-0.39, 0.29) is 10.6 Å². The van der Waals surface area contributed by atoms with Gasteiger partial charge in [0.25, 0.3) is 0 Å². The Bertz CT molecular complexity index is 587. The summed E-state index contributed by atoms with van der Waals surface area (Å²) in [4.78, 5) is 11.9. The number of nitrogens with two attached hydrogens (primary N) is 1. The van der Waals surface area contributed by atoms with E-state index in [4.69, 9.17) is 5.73 Å². The van der Waals surface area contributed by atoms with Gasteiger partial charge in [0.05, 0.1) is 10.6 Å². The third-order valence-corrected chi connectivity index (χ3v) is 5.55. The number of sulfone groups is 1. The molecule has 112 valence electrons. The van der Waals surface area contributed by atoms with Crippen molar-refractivity contribution < 1.29 is 13.2 Å². The highest BCUT2D eigenvalue weighted by Gasteiger charge is 2.31. The average Bonchev–Trinajstić information content (AvgIpc) is 2.40. The Hall–Kier alpha value is -1.08. The first-order valence-electron chi connectivity index (χ1n) is 6.37. The zero-order valence-corrected chi connectivity index (χ0v) is 13.9. The number of unbranched alkanes of at least 4 members (excludes halogenated alkanes) is 1. The van der Waals surface area contributed by atoms with Gasteiger partial charge in [-0.2, -0.15) is 0 Å². The Morgan fingerprint density at radius 3 is 2.70 bits per heavy atom. The minimum Gasteiger partial charge on any atom is -0.398 e. The molecular formula is C13H19BrN2O3S. The Morgan fingerprint density at radius 1 is 1.45 bits per heavy atom. The van der Waals surface area contributed by atoms with Gasteiger partial charge in [-0.3, -0.25) is 4.79 Å². The number of carbonyl (C=O) groups is 1. The second kappa shape index (κ2) is 7.08. The van der Waals surface area contributed by atoms with Crippen LogP contribution in [0.5, 0.6) is 0 Å². The van der Waals surface area contributed by atoms with Gasteiger partial charge >= 0.3 is 0 Å².